The number of nitro groups is 1. The van der Waals surface area contributed by atoms with Crippen LogP contribution in [0.5, 0.6) is 5.88 Å². The van der Waals surface area contributed by atoms with Crippen LogP contribution in [0.15, 0.2) is 12.3 Å². The third kappa shape index (κ3) is 5.20. The van der Waals surface area contributed by atoms with E-state index in [1.54, 1.807) is 6.92 Å². The maximum atomic E-state index is 14.4. The zero-order valence-electron chi connectivity index (χ0n) is 18.3. The maximum Gasteiger partial charge on any atom is 0.353 e. The van der Waals surface area contributed by atoms with E-state index in [0.717, 1.165) is 6.20 Å². The van der Waals surface area contributed by atoms with Gasteiger partial charge in [0.2, 0.25) is 0 Å². The summed E-state index contributed by atoms with van der Waals surface area (Å²) < 4.78 is 40.4. The number of hydrogen-bond acceptors (Lipinski definition) is 6. The predicted molar refractivity (Wildman–Crippen MR) is 111 cm³/mol. The first-order valence-corrected chi connectivity index (χ1v) is 12.4. The lowest BCUT2D eigenvalue weighted by Gasteiger charge is -2.36. The van der Waals surface area contributed by atoms with Crippen molar-refractivity contribution in [1.29, 1.82) is 0 Å². The van der Waals surface area contributed by atoms with Crippen molar-refractivity contribution in [3.05, 3.63) is 39.6 Å². The van der Waals surface area contributed by atoms with E-state index in [9.17, 15) is 18.9 Å². The first-order chi connectivity index (χ1) is 13.7. The van der Waals surface area contributed by atoms with Crippen molar-refractivity contribution >= 4 is 14.0 Å². The molecule has 0 bridgehead atoms. The van der Waals surface area contributed by atoms with Crippen LogP contribution in [0.25, 0.3) is 5.69 Å². The Bertz CT molecular complexity index is 928. The first-order valence-electron chi connectivity index (χ1n) is 9.52. The lowest BCUT2D eigenvalue weighted by Crippen LogP contribution is -2.42. The number of ether oxygens (including phenoxy) is 1. The Balaban J connectivity index is 2.20. The summed E-state index contributed by atoms with van der Waals surface area (Å²) >= 11 is 0. The molecule has 11 heteroatoms. The number of rotatable bonds is 8. The topological polar surface area (TPSA) is 92.3 Å². The van der Waals surface area contributed by atoms with Gasteiger partial charge < -0.3 is 9.16 Å². The highest BCUT2D eigenvalue weighted by atomic mass is 28.4. The van der Waals surface area contributed by atoms with Crippen molar-refractivity contribution in [3.8, 4) is 11.6 Å². The molecule has 0 saturated heterocycles. The first kappa shape index (κ1) is 23.9. The molecule has 30 heavy (non-hydrogen) atoms. The number of aromatic nitrogens is 3. The zero-order chi connectivity index (χ0) is 22.9. The molecule has 2 rings (SSSR count). The summed E-state index contributed by atoms with van der Waals surface area (Å²) in [4.78, 5) is 14.8. The minimum atomic E-state index is -2.13. The third-order valence-corrected chi connectivity index (χ3v) is 9.82. The molecule has 2 heterocycles. The molecule has 0 saturated carbocycles. The SMILES string of the molecule is Cc1ncc(F)cc1-n1nc(OC[C@H](F)CO[Si](C)(C)C(C)(C)C)c([N+](=O)[O-])c1C. The van der Waals surface area contributed by atoms with Crippen LogP contribution in [-0.4, -0.2) is 47.4 Å². The molecule has 0 unspecified atom stereocenters. The monoisotopic (exact) mass is 442 g/mol. The molecule has 0 aliphatic heterocycles. The molecule has 0 N–H and O–H groups in total. The van der Waals surface area contributed by atoms with Crippen LogP contribution in [0.1, 0.15) is 32.2 Å². The summed E-state index contributed by atoms with van der Waals surface area (Å²) in [5.41, 5.74) is 0.382. The van der Waals surface area contributed by atoms with Crippen LogP contribution in [0.2, 0.25) is 18.1 Å². The average Bonchev–Trinajstić information content (AvgIpc) is 2.95. The predicted octanol–water partition coefficient (Wildman–Crippen LogP) is 4.67. The molecule has 0 fully saturated rings. The number of pyridine rings is 1. The Kier molecular flexibility index (Phi) is 6.97. The fraction of sp³-hybridized carbons (Fsp3) is 0.579. The molecular weight excluding hydrogens is 414 g/mol. The highest BCUT2D eigenvalue weighted by Gasteiger charge is 2.38. The summed E-state index contributed by atoms with van der Waals surface area (Å²) in [5, 5.41) is 15.5. The highest BCUT2D eigenvalue weighted by molar-refractivity contribution is 6.74. The molecule has 8 nitrogen and oxygen atoms in total. The van der Waals surface area contributed by atoms with E-state index in [-0.39, 0.29) is 28.9 Å². The van der Waals surface area contributed by atoms with Gasteiger partial charge in [-0.15, -0.1) is 5.10 Å². The van der Waals surface area contributed by atoms with Crippen LogP contribution in [0.3, 0.4) is 0 Å². The average molecular weight is 443 g/mol. The van der Waals surface area contributed by atoms with Gasteiger partial charge in [0.15, 0.2) is 14.5 Å². The van der Waals surface area contributed by atoms with Crippen molar-refractivity contribution < 1.29 is 22.9 Å². The highest BCUT2D eigenvalue weighted by Crippen LogP contribution is 2.37. The second kappa shape index (κ2) is 8.76. The van der Waals surface area contributed by atoms with E-state index in [2.05, 4.69) is 10.1 Å². The molecule has 1 atom stereocenters. The van der Waals surface area contributed by atoms with E-state index in [1.807, 2.05) is 33.9 Å². The largest absolute Gasteiger partial charge is 0.469 e. The number of nitrogens with zero attached hydrogens (tertiary/aromatic N) is 4. The lowest BCUT2D eigenvalue weighted by molar-refractivity contribution is -0.386. The summed E-state index contributed by atoms with van der Waals surface area (Å²) in [5.74, 6) is -0.946. The normalized spacial score (nSPS) is 13.4. The quantitative estimate of drug-likeness (QED) is 0.335. The molecule has 0 radical (unpaired) electrons. The van der Waals surface area contributed by atoms with Gasteiger partial charge in [-0.1, -0.05) is 20.8 Å². The van der Waals surface area contributed by atoms with Gasteiger partial charge in [-0.2, -0.15) is 0 Å². The lowest BCUT2D eigenvalue weighted by atomic mass is 10.2. The van der Waals surface area contributed by atoms with Crippen molar-refractivity contribution in [3.63, 3.8) is 0 Å². The van der Waals surface area contributed by atoms with Crippen LogP contribution < -0.4 is 4.74 Å². The Morgan fingerprint density at radius 2 is 1.93 bits per heavy atom. The van der Waals surface area contributed by atoms with E-state index >= 15 is 0 Å². The molecule has 0 amide bonds. The van der Waals surface area contributed by atoms with E-state index in [1.165, 1.54) is 17.7 Å². The van der Waals surface area contributed by atoms with Crippen molar-refractivity contribution in [1.82, 2.24) is 14.8 Å². The van der Waals surface area contributed by atoms with Gasteiger partial charge in [-0.25, -0.2) is 13.5 Å². The van der Waals surface area contributed by atoms with Crippen LogP contribution in [-0.2, 0) is 4.43 Å². The van der Waals surface area contributed by atoms with E-state index in [4.69, 9.17) is 9.16 Å². The van der Waals surface area contributed by atoms with Gasteiger partial charge in [0.1, 0.15) is 18.1 Å². The molecule has 166 valence electrons. The van der Waals surface area contributed by atoms with E-state index < -0.39 is 37.5 Å². The maximum absolute atomic E-state index is 14.4. The van der Waals surface area contributed by atoms with Gasteiger partial charge in [0.05, 0.1) is 29.1 Å². The fourth-order valence-corrected chi connectivity index (χ4v) is 3.48. The van der Waals surface area contributed by atoms with Crippen molar-refractivity contribution in [2.45, 2.75) is 58.9 Å². The number of hydrogen-bond donors (Lipinski definition) is 0. The van der Waals surface area contributed by atoms with Gasteiger partial charge in [-0.05, 0) is 32.0 Å². The Hall–Kier alpha value is -2.40. The minimum absolute atomic E-state index is 0.0703. The standard InChI is InChI=1S/C19H28F2N4O4Si/c1-12-16(8-14(20)9-22-12)24-13(2)17(25(26)27)18(23-24)28-10-15(21)11-29-30(6,7)19(3,4)5/h8-9,15H,10-11H2,1-7H3/t15-/m0/s1. The van der Waals surface area contributed by atoms with Crippen molar-refractivity contribution in [2.75, 3.05) is 13.2 Å². The van der Waals surface area contributed by atoms with Crippen LogP contribution in [0, 0.1) is 29.8 Å². The third-order valence-electron chi connectivity index (χ3n) is 5.32. The number of aryl methyl sites for hydroxylation is 1. The molecule has 0 aliphatic rings. The summed E-state index contributed by atoms with van der Waals surface area (Å²) in [6, 6.07) is 1.17. The van der Waals surface area contributed by atoms with Gasteiger partial charge in [-0.3, -0.25) is 15.1 Å². The van der Waals surface area contributed by atoms with Crippen molar-refractivity contribution in [2.24, 2.45) is 0 Å². The number of alkyl halides is 1. The summed E-state index contributed by atoms with van der Waals surface area (Å²) in [7, 11) is -2.13. The molecule has 0 spiro atoms. The molecule has 2 aromatic heterocycles. The molecule has 2 aromatic rings. The van der Waals surface area contributed by atoms with Gasteiger partial charge >= 0.3 is 11.6 Å². The van der Waals surface area contributed by atoms with Crippen LogP contribution in [0.4, 0.5) is 14.5 Å². The second-order valence-corrected chi connectivity index (χ2v) is 13.5. The summed E-state index contributed by atoms with van der Waals surface area (Å²) in [6.45, 7) is 12.6. The Morgan fingerprint density at radius 1 is 1.30 bits per heavy atom. The molecule has 0 aliphatic carbocycles. The zero-order valence-corrected chi connectivity index (χ0v) is 19.3. The molecular formula is C19H28F2N4O4Si. The van der Waals surface area contributed by atoms with E-state index in [0.29, 0.717) is 5.69 Å². The molecule has 0 aromatic carbocycles. The Labute approximate surface area is 175 Å². The number of halogens is 2. The Morgan fingerprint density at radius 3 is 2.50 bits per heavy atom. The smallest absolute Gasteiger partial charge is 0.353 e. The van der Waals surface area contributed by atoms with Crippen LogP contribution >= 0.6 is 0 Å². The van der Waals surface area contributed by atoms with Gasteiger partial charge in [0.25, 0.3) is 0 Å². The second-order valence-electron chi connectivity index (χ2n) is 8.65. The fourth-order valence-electron chi connectivity index (χ4n) is 2.45. The van der Waals surface area contributed by atoms with Gasteiger partial charge in [0, 0.05) is 6.07 Å². The minimum Gasteiger partial charge on any atom is -0.469 e. The summed E-state index contributed by atoms with van der Waals surface area (Å²) in [6.07, 6.45) is -0.443.